The van der Waals surface area contributed by atoms with Crippen molar-refractivity contribution >= 4 is 5.82 Å². The van der Waals surface area contributed by atoms with Gasteiger partial charge in [0.15, 0.2) is 0 Å². The van der Waals surface area contributed by atoms with E-state index in [1.165, 1.54) is 5.56 Å². The van der Waals surface area contributed by atoms with E-state index >= 15 is 0 Å². The van der Waals surface area contributed by atoms with Crippen LogP contribution >= 0.6 is 0 Å². The Balaban J connectivity index is 1.70. The summed E-state index contributed by atoms with van der Waals surface area (Å²) in [6.45, 7) is 0. The van der Waals surface area contributed by atoms with Crippen LogP contribution in [0.3, 0.4) is 0 Å². The summed E-state index contributed by atoms with van der Waals surface area (Å²) in [5.41, 5.74) is 2.38. The van der Waals surface area contributed by atoms with Gasteiger partial charge in [0.25, 0.3) is 0 Å². The van der Waals surface area contributed by atoms with Crippen molar-refractivity contribution in [3.05, 3.63) is 54.0 Å². The fraction of sp³-hybridized carbons (Fsp3) is 0.412. The van der Waals surface area contributed by atoms with Gasteiger partial charge in [-0.2, -0.15) is 0 Å². The highest BCUT2D eigenvalue weighted by Gasteiger charge is 2.20. The second kappa shape index (κ2) is 6.68. The molecule has 2 N–H and O–H groups in total. The molecule has 1 aliphatic rings. The SMILES string of the molecule is O[C@H]1CC[C@H](Nc2ncncc2Cc2ccccc2)CC1. The topological polar surface area (TPSA) is 58.0 Å². The van der Waals surface area contributed by atoms with Crippen LogP contribution in [0.1, 0.15) is 36.8 Å². The van der Waals surface area contributed by atoms with E-state index in [9.17, 15) is 5.11 Å². The average Bonchev–Trinajstić information content (AvgIpc) is 2.52. The number of benzene rings is 1. The summed E-state index contributed by atoms with van der Waals surface area (Å²) in [5, 5.41) is 13.1. The van der Waals surface area contributed by atoms with Gasteiger partial charge in [-0.15, -0.1) is 0 Å². The fourth-order valence-electron chi connectivity index (χ4n) is 2.85. The average molecular weight is 283 g/mol. The summed E-state index contributed by atoms with van der Waals surface area (Å²) in [4.78, 5) is 8.56. The minimum absolute atomic E-state index is 0.128. The molecule has 1 aromatic carbocycles. The Morgan fingerprint density at radius 3 is 2.62 bits per heavy atom. The predicted molar refractivity (Wildman–Crippen MR) is 83.2 cm³/mol. The van der Waals surface area contributed by atoms with Crippen molar-refractivity contribution in [2.75, 3.05) is 5.32 Å². The summed E-state index contributed by atoms with van der Waals surface area (Å²) < 4.78 is 0. The molecule has 4 heteroatoms. The summed E-state index contributed by atoms with van der Waals surface area (Å²) in [7, 11) is 0. The number of nitrogens with one attached hydrogen (secondary N) is 1. The van der Waals surface area contributed by atoms with Gasteiger partial charge in [-0.1, -0.05) is 30.3 Å². The zero-order valence-electron chi connectivity index (χ0n) is 12.1. The van der Waals surface area contributed by atoms with Crippen LogP contribution in [-0.4, -0.2) is 27.2 Å². The summed E-state index contributed by atoms with van der Waals surface area (Å²) >= 11 is 0. The molecule has 1 saturated carbocycles. The molecule has 0 atom stereocenters. The highest BCUT2D eigenvalue weighted by atomic mass is 16.3. The number of aliphatic hydroxyl groups is 1. The zero-order chi connectivity index (χ0) is 14.5. The highest BCUT2D eigenvalue weighted by molar-refractivity contribution is 5.45. The molecule has 0 saturated heterocycles. The Morgan fingerprint density at radius 2 is 1.86 bits per heavy atom. The smallest absolute Gasteiger partial charge is 0.133 e. The zero-order valence-corrected chi connectivity index (χ0v) is 12.1. The summed E-state index contributed by atoms with van der Waals surface area (Å²) in [6, 6.07) is 10.8. The molecule has 1 fully saturated rings. The molecule has 0 amide bonds. The van der Waals surface area contributed by atoms with Crippen molar-refractivity contribution in [3.63, 3.8) is 0 Å². The first-order chi connectivity index (χ1) is 10.3. The maximum absolute atomic E-state index is 9.59. The Kier molecular flexibility index (Phi) is 4.46. The minimum Gasteiger partial charge on any atom is -0.393 e. The van der Waals surface area contributed by atoms with Crippen molar-refractivity contribution in [1.29, 1.82) is 0 Å². The largest absolute Gasteiger partial charge is 0.393 e. The van der Waals surface area contributed by atoms with E-state index in [2.05, 4.69) is 39.6 Å². The molecule has 1 heterocycles. The molecular formula is C17H21N3O. The molecule has 21 heavy (non-hydrogen) atoms. The van der Waals surface area contributed by atoms with Gasteiger partial charge in [0.2, 0.25) is 0 Å². The Hall–Kier alpha value is -1.94. The third-order valence-corrected chi connectivity index (χ3v) is 4.06. The fourth-order valence-corrected chi connectivity index (χ4v) is 2.85. The number of hydrogen-bond acceptors (Lipinski definition) is 4. The Bertz CT molecular complexity index is 565. The van der Waals surface area contributed by atoms with Gasteiger partial charge in [0.1, 0.15) is 12.1 Å². The van der Waals surface area contributed by atoms with Crippen molar-refractivity contribution in [2.45, 2.75) is 44.2 Å². The predicted octanol–water partition coefficient (Wildman–Crippen LogP) is 2.78. The van der Waals surface area contributed by atoms with Crippen LogP contribution in [0.5, 0.6) is 0 Å². The lowest BCUT2D eigenvalue weighted by Crippen LogP contribution is -2.29. The molecule has 0 spiro atoms. The molecule has 110 valence electrons. The number of anilines is 1. The standard InChI is InChI=1S/C17H21N3O/c21-16-8-6-15(7-9-16)20-17-14(11-18-12-19-17)10-13-4-2-1-3-5-13/h1-5,11-12,15-16,21H,6-10H2,(H,18,19,20)/t15-,16-. The van der Waals surface area contributed by atoms with Gasteiger partial charge in [0, 0.05) is 24.2 Å². The number of hydrogen-bond donors (Lipinski definition) is 2. The monoisotopic (exact) mass is 283 g/mol. The Labute approximate surface area is 125 Å². The maximum atomic E-state index is 9.59. The molecular weight excluding hydrogens is 262 g/mol. The van der Waals surface area contributed by atoms with E-state index in [0.29, 0.717) is 6.04 Å². The molecule has 0 aliphatic heterocycles. The van der Waals surface area contributed by atoms with E-state index in [4.69, 9.17) is 0 Å². The van der Waals surface area contributed by atoms with E-state index in [1.807, 2.05) is 12.3 Å². The second-order valence-electron chi connectivity index (χ2n) is 5.71. The molecule has 2 aromatic rings. The van der Waals surface area contributed by atoms with E-state index in [0.717, 1.165) is 43.5 Å². The van der Waals surface area contributed by atoms with E-state index in [1.54, 1.807) is 6.33 Å². The molecule has 0 bridgehead atoms. The third kappa shape index (κ3) is 3.79. The lowest BCUT2D eigenvalue weighted by atomic mass is 9.93. The number of aliphatic hydroxyl groups excluding tert-OH is 1. The van der Waals surface area contributed by atoms with Crippen LogP contribution in [0, 0.1) is 0 Å². The Morgan fingerprint density at radius 1 is 1.10 bits per heavy atom. The summed E-state index contributed by atoms with van der Waals surface area (Å²) in [6.07, 6.45) is 7.92. The van der Waals surface area contributed by atoms with Gasteiger partial charge in [-0.25, -0.2) is 9.97 Å². The third-order valence-electron chi connectivity index (χ3n) is 4.06. The number of nitrogens with zero attached hydrogens (tertiary/aromatic N) is 2. The van der Waals surface area contributed by atoms with Crippen LogP contribution < -0.4 is 5.32 Å². The number of rotatable bonds is 4. The minimum atomic E-state index is -0.128. The molecule has 4 nitrogen and oxygen atoms in total. The quantitative estimate of drug-likeness (QED) is 0.906. The van der Waals surface area contributed by atoms with Crippen molar-refractivity contribution in [2.24, 2.45) is 0 Å². The normalized spacial score (nSPS) is 22.0. The van der Waals surface area contributed by atoms with Gasteiger partial charge < -0.3 is 10.4 Å². The van der Waals surface area contributed by atoms with Gasteiger partial charge in [0.05, 0.1) is 6.10 Å². The van der Waals surface area contributed by atoms with Gasteiger partial charge in [-0.05, 0) is 31.2 Å². The van der Waals surface area contributed by atoms with E-state index in [-0.39, 0.29) is 6.10 Å². The van der Waals surface area contributed by atoms with Crippen molar-refractivity contribution in [3.8, 4) is 0 Å². The second-order valence-corrected chi connectivity index (χ2v) is 5.71. The lowest BCUT2D eigenvalue weighted by molar-refractivity contribution is 0.126. The maximum Gasteiger partial charge on any atom is 0.133 e. The number of aromatic nitrogens is 2. The van der Waals surface area contributed by atoms with Crippen LogP contribution in [0.25, 0.3) is 0 Å². The molecule has 1 aliphatic carbocycles. The molecule has 1 aromatic heterocycles. The molecule has 0 radical (unpaired) electrons. The van der Waals surface area contributed by atoms with Crippen molar-refractivity contribution in [1.82, 2.24) is 9.97 Å². The van der Waals surface area contributed by atoms with Crippen LogP contribution in [0.2, 0.25) is 0 Å². The van der Waals surface area contributed by atoms with E-state index < -0.39 is 0 Å². The van der Waals surface area contributed by atoms with Crippen LogP contribution in [-0.2, 0) is 6.42 Å². The van der Waals surface area contributed by atoms with Crippen molar-refractivity contribution < 1.29 is 5.11 Å². The van der Waals surface area contributed by atoms with Crippen LogP contribution in [0.15, 0.2) is 42.9 Å². The lowest BCUT2D eigenvalue weighted by Gasteiger charge is -2.27. The first-order valence-electron chi connectivity index (χ1n) is 7.58. The van der Waals surface area contributed by atoms with Crippen LogP contribution in [0.4, 0.5) is 5.82 Å². The molecule has 3 rings (SSSR count). The van der Waals surface area contributed by atoms with Gasteiger partial charge in [-0.3, -0.25) is 0 Å². The summed E-state index contributed by atoms with van der Waals surface area (Å²) in [5.74, 6) is 0.926. The van der Waals surface area contributed by atoms with Gasteiger partial charge >= 0.3 is 0 Å². The highest BCUT2D eigenvalue weighted by Crippen LogP contribution is 2.23. The first kappa shape index (κ1) is 14.0. The first-order valence-corrected chi connectivity index (χ1v) is 7.58. The molecule has 0 unspecified atom stereocenters.